The van der Waals surface area contributed by atoms with Crippen molar-refractivity contribution < 1.29 is 13.5 Å². The van der Waals surface area contributed by atoms with Gasteiger partial charge in [-0.15, -0.1) is 11.6 Å². The van der Waals surface area contributed by atoms with E-state index in [0.29, 0.717) is 21.9 Å². The van der Waals surface area contributed by atoms with Gasteiger partial charge < -0.3 is 4.74 Å². The van der Waals surface area contributed by atoms with Crippen molar-refractivity contribution in [3.8, 4) is 5.75 Å². The first-order valence-electron chi connectivity index (χ1n) is 5.50. The number of benzene rings is 2. The van der Waals surface area contributed by atoms with Crippen LogP contribution in [0.4, 0.5) is 8.78 Å². The summed E-state index contributed by atoms with van der Waals surface area (Å²) in [5.74, 6) is -0.403. The van der Waals surface area contributed by atoms with Gasteiger partial charge >= 0.3 is 0 Å². The SMILES string of the molecule is Fc1cc(CCl)cc(OCc2ccc(Cl)cc2F)c1. The van der Waals surface area contributed by atoms with Crippen molar-refractivity contribution in [2.45, 2.75) is 12.5 Å². The Morgan fingerprint density at radius 2 is 1.84 bits per heavy atom. The lowest BCUT2D eigenvalue weighted by molar-refractivity contribution is 0.298. The third kappa shape index (κ3) is 3.82. The van der Waals surface area contributed by atoms with Crippen molar-refractivity contribution in [2.24, 2.45) is 0 Å². The second kappa shape index (κ2) is 6.22. The van der Waals surface area contributed by atoms with Gasteiger partial charge in [-0.1, -0.05) is 17.7 Å². The summed E-state index contributed by atoms with van der Waals surface area (Å²) in [5, 5.41) is 0.316. The first-order chi connectivity index (χ1) is 9.08. The van der Waals surface area contributed by atoms with Crippen molar-refractivity contribution in [2.75, 3.05) is 0 Å². The minimum Gasteiger partial charge on any atom is -0.489 e. The fraction of sp³-hybridized carbons (Fsp3) is 0.143. The Kier molecular flexibility index (Phi) is 4.61. The largest absolute Gasteiger partial charge is 0.489 e. The van der Waals surface area contributed by atoms with Gasteiger partial charge in [-0.2, -0.15) is 0 Å². The van der Waals surface area contributed by atoms with Gasteiger partial charge in [0.05, 0.1) is 0 Å². The predicted molar refractivity (Wildman–Crippen MR) is 71.7 cm³/mol. The van der Waals surface area contributed by atoms with Crippen LogP contribution >= 0.6 is 23.2 Å². The summed E-state index contributed by atoms with van der Waals surface area (Å²) in [7, 11) is 0. The van der Waals surface area contributed by atoms with E-state index in [0.717, 1.165) is 0 Å². The van der Waals surface area contributed by atoms with E-state index in [2.05, 4.69) is 0 Å². The molecule has 0 aliphatic carbocycles. The van der Waals surface area contributed by atoms with Crippen molar-refractivity contribution in [1.29, 1.82) is 0 Å². The third-order valence-corrected chi connectivity index (χ3v) is 3.04. The molecule has 19 heavy (non-hydrogen) atoms. The first kappa shape index (κ1) is 14.1. The second-order valence-corrected chi connectivity index (χ2v) is 4.66. The van der Waals surface area contributed by atoms with Crippen molar-refractivity contribution >= 4 is 23.2 Å². The van der Waals surface area contributed by atoms with Gasteiger partial charge in [-0.05, 0) is 29.8 Å². The zero-order chi connectivity index (χ0) is 13.8. The molecule has 0 atom stereocenters. The van der Waals surface area contributed by atoms with Gasteiger partial charge in [-0.25, -0.2) is 8.78 Å². The zero-order valence-corrected chi connectivity index (χ0v) is 11.3. The highest BCUT2D eigenvalue weighted by molar-refractivity contribution is 6.30. The van der Waals surface area contributed by atoms with Crippen molar-refractivity contribution in [3.63, 3.8) is 0 Å². The zero-order valence-electron chi connectivity index (χ0n) is 9.80. The molecule has 0 saturated heterocycles. The molecule has 0 aliphatic heterocycles. The van der Waals surface area contributed by atoms with E-state index >= 15 is 0 Å². The quantitative estimate of drug-likeness (QED) is 0.727. The molecule has 2 rings (SSSR count). The van der Waals surface area contributed by atoms with Crippen LogP contribution in [0.2, 0.25) is 5.02 Å². The minimum atomic E-state index is -0.457. The maximum Gasteiger partial charge on any atom is 0.131 e. The molecule has 0 bridgehead atoms. The van der Waals surface area contributed by atoms with Gasteiger partial charge in [0.15, 0.2) is 0 Å². The smallest absolute Gasteiger partial charge is 0.131 e. The monoisotopic (exact) mass is 302 g/mol. The third-order valence-electron chi connectivity index (χ3n) is 2.49. The average Bonchev–Trinajstić information content (AvgIpc) is 2.37. The molecule has 0 aliphatic rings. The lowest BCUT2D eigenvalue weighted by Gasteiger charge is -2.08. The second-order valence-electron chi connectivity index (χ2n) is 3.95. The minimum absolute atomic E-state index is 0.00577. The summed E-state index contributed by atoms with van der Waals surface area (Å²) in [5.41, 5.74) is 0.953. The molecule has 100 valence electrons. The van der Waals surface area contributed by atoms with E-state index in [9.17, 15) is 8.78 Å². The molecule has 0 radical (unpaired) electrons. The molecule has 1 nitrogen and oxygen atoms in total. The van der Waals surface area contributed by atoms with Crippen LogP contribution in [-0.4, -0.2) is 0 Å². The van der Waals surface area contributed by atoms with Crippen LogP contribution in [0.25, 0.3) is 0 Å². The van der Waals surface area contributed by atoms with E-state index in [1.807, 2.05) is 0 Å². The van der Waals surface area contributed by atoms with E-state index in [1.54, 1.807) is 12.1 Å². The summed E-state index contributed by atoms with van der Waals surface area (Å²) < 4.78 is 32.1. The van der Waals surface area contributed by atoms with Gasteiger partial charge in [0.1, 0.15) is 24.0 Å². The van der Waals surface area contributed by atoms with Crippen molar-refractivity contribution in [3.05, 3.63) is 64.2 Å². The molecule has 2 aromatic carbocycles. The van der Waals surface area contributed by atoms with E-state index in [-0.39, 0.29) is 12.5 Å². The van der Waals surface area contributed by atoms with Crippen LogP contribution in [0.15, 0.2) is 36.4 Å². The summed E-state index contributed by atoms with van der Waals surface area (Å²) in [6.07, 6.45) is 0. The molecule has 0 aromatic heterocycles. The Labute approximate surface area is 119 Å². The van der Waals surface area contributed by atoms with E-state index in [4.69, 9.17) is 27.9 Å². The Hall–Kier alpha value is -1.32. The van der Waals surface area contributed by atoms with Gasteiger partial charge in [-0.3, -0.25) is 0 Å². The highest BCUT2D eigenvalue weighted by Gasteiger charge is 2.06. The summed E-state index contributed by atoms with van der Waals surface area (Å²) in [6, 6.07) is 8.46. The molecule has 0 amide bonds. The van der Waals surface area contributed by atoms with Crippen LogP contribution in [0.1, 0.15) is 11.1 Å². The van der Waals surface area contributed by atoms with E-state index < -0.39 is 11.6 Å². The molecule has 2 aromatic rings. The van der Waals surface area contributed by atoms with Crippen LogP contribution < -0.4 is 4.74 Å². The fourth-order valence-electron chi connectivity index (χ4n) is 1.58. The number of hydrogen-bond donors (Lipinski definition) is 0. The lowest BCUT2D eigenvalue weighted by Crippen LogP contribution is -1.99. The summed E-state index contributed by atoms with van der Waals surface area (Å²) in [6.45, 7) is -0.00577. The van der Waals surface area contributed by atoms with Gasteiger partial charge in [0, 0.05) is 22.5 Å². The fourth-order valence-corrected chi connectivity index (χ4v) is 1.89. The molecular weight excluding hydrogens is 293 g/mol. The van der Waals surface area contributed by atoms with Gasteiger partial charge in [0.25, 0.3) is 0 Å². The number of alkyl halides is 1. The standard InChI is InChI=1S/C14H10Cl2F2O/c15-7-9-3-12(17)6-13(4-9)19-8-10-1-2-11(16)5-14(10)18/h1-6H,7-8H2. The number of ether oxygens (including phenoxy) is 1. The topological polar surface area (TPSA) is 9.23 Å². The molecule has 0 unspecified atom stereocenters. The normalized spacial score (nSPS) is 10.5. The van der Waals surface area contributed by atoms with Crippen LogP contribution in [0.5, 0.6) is 5.75 Å². The molecule has 5 heteroatoms. The maximum absolute atomic E-state index is 13.5. The van der Waals surface area contributed by atoms with E-state index in [1.165, 1.54) is 24.3 Å². The molecule has 0 saturated carbocycles. The number of hydrogen-bond acceptors (Lipinski definition) is 1. The highest BCUT2D eigenvalue weighted by Crippen LogP contribution is 2.21. The summed E-state index contributed by atoms with van der Waals surface area (Å²) in [4.78, 5) is 0. The highest BCUT2D eigenvalue weighted by atomic mass is 35.5. The van der Waals surface area contributed by atoms with Crippen molar-refractivity contribution in [1.82, 2.24) is 0 Å². The summed E-state index contributed by atoms with van der Waals surface area (Å²) >= 11 is 11.3. The molecule has 0 heterocycles. The van der Waals surface area contributed by atoms with Crippen LogP contribution in [-0.2, 0) is 12.5 Å². The van der Waals surface area contributed by atoms with Crippen LogP contribution in [0.3, 0.4) is 0 Å². The molecule has 0 N–H and O–H groups in total. The Bertz CT molecular complexity index is 588. The Balaban J connectivity index is 2.12. The van der Waals surface area contributed by atoms with Crippen LogP contribution in [0, 0.1) is 11.6 Å². The molecular formula is C14H10Cl2F2O. The number of halogens is 4. The maximum atomic E-state index is 13.5. The molecule has 0 fully saturated rings. The molecule has 0 spiro atoms. The number of rotatable bonds is 4. The predicted octanol–water partition coefficient (Wildman–Crippen LogP) is 4.94. The Morgan fingerprint density at radius 3 is 2.53 bits per heavy atom. The van der Waals surface area contributed by atoms with Gasteiger partial charge in [0.2, 0.25) is 0 Å². The first-order valence-corrected chi connectivity index (χ1v) is 6.42. The average molecular weight is 303 g/mol. The Morgan fingerprint density at radius 1 is 1.05 bits per heavy atom. The lowest BCUT2D eigenvalue weighted by atomic mass is 10.2.